The highest BCUT2D eigenvalue weighted by Gasteiger charge is 2.09. The standard InChI is InChI=1S/C15H24O5/c1-4-6-7-13(5-2)11-20-15(18)9-8-14(17)19-10-12(3)16/h8-9,13H,4-7,10-11H2,1-3H3/b9-8+. The van der Waals surface area contributed by atoms with Crippen LogP contribution in [0.1, 0.15) is 46.5 Å². The van der Waals surface area contributed by atoms with E-state index in [0.29, 0.717) is 12.5 Å². The minimum absolute atomic E-state index is 0.254. The molecule has 0 radical (unpaired) electrons. The lowest BCUT2D eigenvalue weighted by atomic mass is 10.0. The molecule has 20 heavy (non-hydrogen) atoms. The van der Waals surface area contributed by atoms with Crippen LogP contribution in [0.5, 0.6) is 0 Å². The minimum Gasteiger partial charge on any atom is -0.462 e. The van der Waals surface area contributed by atoms with Gasteiger partial charge in [0.15, 0.2) is 5.78 Å². The summed E-state index contributed by atoms with van der Waals surface area (Å²) in [6, 6.07) is 0. The summed E-state index contributed by atoms with van der Waals surface area (Å²) < 4.78 is 9.64. The number of Topliss-reactive ketones (excluding diaryl/α,β-unsaturated/α-hetero) is 1. The number of carbonyl (C=O) groups excluding carboxylic acids is 3. The van der Waals surface area contributed by atoms with Crippen LogP contribution < -0.4 is 0 Å². The van der Waals surface area contributed by atoms with Crippen LogP contribution in [0.3, 0.4) is 0 Å². The zero-order chi connectivity index (χ0) is 15.4. The molecule has 0 spiro atoms. The van der Waals surface area contributed by atoms with E-state index in [0.717, 1.165) is 37.8 Å². The first kappa shape index (κ1) is 18.4. The van der Waals surface area contributed by atoms with Gasteiger partial charge in [0.05, 0.1) is 6.61 Å². The van der Waals surface area contributed by atoms with E-state index in [2.05, 4.69) is 18.6 Å². The maximum atomic E-state index is 11.4. The summed E-state index contributed by atoms with van der Waals surface area (Å²) >= 11 is 0. The predicted octanol–water partition coefficient (Wildman–Crippen LogP) is 2.43. The number of unbranched alkanes of at least 4 members (excludes halogenated alkanes) is 1. The number of rotatable bonds is 10. The minimum atomic E-state index is -0.727. The largest absolute Gasteiger partial charge is 0.462 e. The highest BCUT2D eigenvalue weighted by atomic mass is 16.5. The summed E-state index contributed by atoms with van der Waals surface area (Å²) in [4.78, 5) is 33.1. The second kappa shape index (κ2) is 11.2. The quantitative estimate of drug-likeness (QED) is 0.455. The van der Waals surface area contributed by atoms with Crippen molar-refractivity contribution < 1.29 is 23.9 Å². The van der Waals surface area contributed by atoms with E-state index in [-0.39, 0.29) is 12.4 Å². The molecule has 0 aliphatic heterocycles. The Bertz CT molecular complexity index is 346. The van der Waals surface area contributed by atoms with Crippen molar-refractivity contribution in [2.24, 2.45) is 5.92 Å². The van der Waals surface area contributed by atoms with E-state index in [1.54, 1.807) is 0 Å². The summed E-state index contributed by atoms with van der Waals surface area (Å²) in [5.74, 6) is -1.19. The molecule has 0 saturated carbocycles. The zero-order valence-corrected chi connectivity index (χ0v) is 12.5. The van der Waals surface area contributed by atoms with Crippen molar-refractivity contribution in [3.63, 3.8) is 0 Å². The van der Waals surface area contributed by atoms with E-state index in [4.69, 9.17) is 4.74 Å². The molecular formula is C15H24O5. The van der Waals surface area contributed by atoms with E-state index in [1.165, 1.54) is 6.92 Å². The van der Waals surface area contributed by atoms with Gasteiger partial charge in [0, 0.05) is 12.2 Å². The predicted molar refractivity (Wildman–Crippen MR) is 75.0 cm³/mol. The van der Waals surface area contributed by atoms with E-state index >= 15 is 0 Å². The molecule has 114 valence electrons. The highest BCUT2D eigenvalue weighted by Crippen LogP contribution is 2.12. The highest BCUT2D eigenvalue weighted by molar-refractivity contribution is 5.92. The third-order valence-electron chi connectivity index (χ3n) is 2.78. The average Bonchev–Trinajstić information content (AvgIpc) is 2.43. The molecule has 5 heteroatoms. The lowest BCUT2D eigenvalue weighted by Gasteiger charge is -2.13. The summed E-state index contributed by atoms with van der Waals surface area (Å²) in [6.07, 6.45) is 6.21. The van der Waals surface area contributed by atoms with Crippen molar-refractivity contribution in [2.75, 3.05) is 13.2 Å². The van der Waals surface area contributed by atoms with E-state index in [1.807, 2.05) is 0 Å². The number of ketones is 1. The van der Waals surface area contributed by atoms with Gasteiger partial charge in [-0.05, 0) is 19.3 Å². The molecule has 0 aliphatic carbocycles. The molecule has 0 heterocycles. The summed E-state index contributed by atoms with van der Waals surface area (Å²) in [6.45, 7) is 5.57. The Morgan fingerprint density at radius 3 is 2.15 bits per heavy atom. The molecule has 0 amide bonds. The fraction of sp³-hybridized carbons (Fsp3) is 0.667. The molecule has 0 saturated heterocycles. The van der Waals surface area contributed by atoms with Crippen LogP contribution in [0.2, 0.25) is 0 Å². The van der Waals surface area contributed by atoms with E-state index < -0.39 is 11.9 Å². The van der Waals surface area contributed by atoms with Gasteiger partial charge in [-0.1, -0.05) is 33.1 Å². The summed E-state index contributed by atoms with van der Waals surface area (Å²) in [5.41, 5.74) is 0. The number of ether oxygens (including phenoxy) is 2. The lowest BCUT2D eigenvalue weighted by Crippen LogP contribution is -2.13. The molecule has 0 aliphatic rings. The zero-order valence-electron chi connectivity index (χ0n) is 12.5. The second-order valence-electron chi connectivity index (χ2n) is 4.69. The van der Waals surface area contributed by atoms with Gasteiger partial charge in [0.2, 0.25) is 0 Å². The SMILES string of the molecule is CCCCC(CC)COC(=O)/C=C/C(=O)OCC(C)=O. The molecule has 0 bridgehead atoms. The Hall–Kier alpha value is -1.65. The van der Waals surface area contributed by atoms with Crippen molar-refractivity contribution in [3.05, 3.63) is 12.2 Å². The topological polar surface area (TPSA) is 69.7 Å². The molecule has 0 aromatic rings. The molecule has 0 aromatic heterocycles. The van der Waals surface area contributed by atoms with Gasteiger partial charge in [-0.15, -0.1) is 0 Å². The van der Waals surface area contributed by atoms with E-state index in [9.17, 15) is 14.4 Å². The van der Waals surface area contributed by atoms with Gasteiger partial charge in [0.1, 0.15) is 6.61 Å². The van der Waals surface area contributed by atoms with Gasteiger partial charge in [-0.25, -0.2) is 9.59 Å². The Morgan fingerprint density at radius 2 is 1.65 bits per heavy atom. The van der Waals surface area contributed by atoms with Gasteiger partial charge in [-0.3, -0.25) is 4.79 Å². The molecule has 1 atom stereocenters. The molecule has 0 aromatic carbocycles. The maximum Gasteiger partial charge on any atom is 0.331 e. The lowest BCUT2D eigenvalue weighted by molar-refractivity contribution is -0.143. The van der Waals surface area contributed by atoms with Crippen molar-refractivity contribution in [1.82, 2.24) is 0 Å². The van der Waals surface area contributed by atoms with Crippen molar-refractivity contribution in [2.45, 2.75) is 46.5 Å². The number of hydrogen-bond acceptors (Lipinski definition) is 5. The number of carbonyl (C=O) groups is 3. The summed E-state index contributed by atoms with van der Waals surface area (Å²) in [5, 5.41) is 0. The average molecular weight is 284 g/mol. The molecule has 0 N–H and O–H groups in total. The summed E-state index contributed by atoms with van der Waals surface area (Å²) in [7, 11) is 0. The Morgan fingerprint density at radius 1 is 1.05 bits per heavy atom. The molecule has 1 unspecified atom stereocenters. The Kier molecular flexibility index (Phi) is 10.3. The van der Waals surface area contributed by atoms with Crippen LogP contribution in [-0.2, 0) is 23.9 Å². The number of hydrogen-bond donors (Lipinski definition) is 0. The fourth-order valence-electron chi connectivity index (χ4n) is 1.50. The van der Waals surface area contributed by atoms with Gasteiger partial charge in [0.25, 0.3) is 0 Å². The molecular weight excluding hydrogens is 260 g/mol. The second-order valence-corrected chi connectivity index (χ2v) is 4.69. The van der Waals surface area contributed by atoms with Crippen LogP contribution in [0.15, 0.2) is 12.2 Å². The van der Waals surface area contributed by atoms with Gasteiger partial charge < -0.3 is 9.47 Å². The normalized spacial score (nSPS) is 12.2. The Balaban J connectivity index is 3.96. The van der Waals surface area contributed by atoms with Crippen LogP contribution in [0, 0.1) is 5.92 Å². The van der Waals surface area contributed by atoms with Crippen LogP contribution in [0.4, 0.5) is 0 Å². The van der Waals surface area contributed by atoms with Gasteiger partial charge >= 0.3 is 11.9 Å². The Labute approximate surface area is 120 Å². The first-order valence-electron chi connectivity index (χ1n) is 7.00. The van der Waals surface area contributed by atoms with Crippen LogP contribution in [0.25, 0.3) is 0 Å². The van der Waals surface area contributed by atoms with Crippen LogP contribution >= 0.6 is 0 Å². The smallest absolute Gasteiger partial charge is 0.331 e. The molecule has 5 nitrogen and oxygen atoms in total. The first-order chi connectivity index (χ1) is 9.49. The first-order valence-corrected chi connectivity index (χ1v) is 7.00. The maximum absolute atomic E-state index is 11.4. The molecule has 0 fully saturated rings. The number of esters is 2. The fourth-order valence-corrected chi connectivity index (χ4v) is 1.50. The van der Waals surface area contributed by atoms with Crippen LogP contribution in [-0.4, -0.2) is 30.9 Å². The van der Waals surface area contributed by atoms with Crippen molar-refractivity contribution in [3.8, 4) is 0 Å². The third-order valence-corrected chi connectivity index (χ3v) is 2.78. The van der Waals surface area contributed by atoms with Crippen molar-refractivity contribution in [1.29, 1.82) is 0 Å². The van der Waals surface area contributed by atoms with Gasteiger partial charge in [-0.2, -0.15) is 0 Å². The van der Waals surface area contributed by atoms with Crippen molar-refractivity contribution >= 4 is 17.7 Å². The molecule has 0 rings (SSSR count). The third kappa shape index (κ3) is 10.3. The monoisotopic (exact) mass is 284 g/mol.